The maximum absolute atomic E-state index is 12.4. The molecule has 1 atom stereocenters. The van der Waals surface area contributed by atoms with Crippen LogP contribution in [0.2, 0.25) is 0 Å². The number of primary amides is 1. The minimum absolute atomic E-state index is 0.104. The fourth-order valence-corrected chi connectivity index (χ4v) is 3.57. The molecule has 2 heterocycles. The lowest BCUT2D eigenvalue weighted by Gasteiger charge is -2.14. The number of nitrogens with two attached hydrogens (primary N) is 1. The Morgan fingerprint density at radius 2 is 2.00 bits per heavy atom. The molecule has 2 amide bonds. The predicted octanol–water partition coefficient (Wildman–Crippen LogP) is 2.56. The van der Waals surface area contributed by atoms with E-state index in [4.69, 9.17) is 10.2 Å². The Morgan fingerprint density at radius 3 is 2.62 bits per heavy atom. The van der Waals surface area contributed by atoms with Crippen LogP contribution in [-0.2, 0) is 22.6 Å². The molecule has 0 spiro atoms. The average molecular weight is 414 g/mol. The van der Waals surface area contributed by atoms with E-state index in [1.165, 1.54) is 23.6 Å². The molecule has 9 heteroatoms. The molecule has 0 aliphatic carbocycles. The van der Waals surface area contributed by atoms with Crippen molar-refractivity contribution in [3.05, 3.63) is 53.8 Å². The lowest BCUT2D eigenvalue weighted by Crippen LogP contribution is -2.28. The molecule has 0 aliphatic heterocycles. The maximum atomic E-state index is 12.4. The highest BCUT2D eigenvalue weighted by Gasteiger charge is 2.19. The number of rotatable bonds is 9. The summed E-state index contributed by atoms with van der Waals surface area (Å²) in [5.74, 6) is 0.315. The van der Waals surface area contributed by atoms with E-state index in [0.29, 0.717) is 16.7 Å². The Balaban J connectivity index is 1.64. The number of thioether (sulfide) groups is 1. The summed E-state index contributed by atoms with van der Waals surface area (Å²) in [7, 11) is 0. The highest BCUT2D eigenvalue weighted by atomic mass is 32.2. The number of nitrogens with one attached hydrogen (secondary N) is 1. The Morgan fingerprint density at radius 1 is 1.24 bits per heavy atom. The second-order valence-corrected chi connectivity index (χ2v) is 7.45. The third kappa shape index (κ3) is 5.26. The van der Waals surface area contributed by atoms with Gasteiger partial charge in [-0.3, -0.25) is 14.2 Å². The van der Waals surface area contributed by atoms with Crippen LogP contribution in [0.25, 0.3) is 11.6 Å². The van der Waals surface area contributed by atoms with Crippen molar-refractivity contribution in [2.75, 3.05) is 5.75 Å². The van der Waals surface area contributed by atoms with Gasteiger partial charge in [-0.2, -0.15) is 0 Å². The van der Waals surface area contributed by atoms with E-state index < -0.39 is 5.91 Å². The third-order valence-corrected chi connectivity index (χ3v) is 5.34. The van der Waals surface area contributed by atoms with Gasteiger partial charge in [0, 0.05) is 0 Å². The molecule has 0 aliphatic rings. The summed E-state index contributed by atoms with van der Waals surface area (Å²) in [5.41, 5.74) is 7.64. The number of carbonyl (C=O) groups excluding carboxylic acids is 2. The molecule has 1 unspecified atom stereocenters. The van der Waals surface area contributed by atoms with Crippen LogP contribution in [0.1, 0.15) is 31.0 Å². The van der Waals surface area contributed by atoms with Crippen molar-refractivity contribution in [3.8, 4) is 11.6 Å². The van der Waals surface area contributed by atoms with Crippen molar-refractivity contribution in [2.45, 2.75) is 38.0 Å². The van der Waals surface area contributed by atoms with E-state index >= 15 is 0 Å². The molecule has 3 aromatic rings. The largest absolute Gasteiger partial charge is 0.461 e. The highest BCUT2D eigenvalue weighted by Crippen LogP contribution is 2.24. The first-order valence-corrected chi connectivity index (χ1v) is 10.2. The normalized spacial score (nSPS) is 11.9. The van der Waals surface area contributed by atoms with E-state index in [9.17, 15) is 9.59 Å². The highest BCUT2D eigenvalue weighted by molar-refractivity contribution is 7.99. The number of hydrogen-bond acceptors (Lipinski definition) is 6. The molecule has 0 saturated heterocycles. The Hall–Kier alpha value is -3.07. The third-order valence-electron chi connectivity index (χ3n) is 4.37. The summed E-state index contributed by atoms with van der Waals surface area (Å²) in [6.07, 6.45) is 2.48. The molecular weight excluding hydrogens is 390 g/mol. The van der Waals surface area contributed by atoms with Crippen LogP contribution >= 0.6 is 11.8 Å². The van der Waals surface area contributed by atoms with Crippen LogP contribution in [0.15, 0.2) is 52.2 Å². The van der Waals surface area contributed by atoms with Gasteiger partial charge < -0.3 is 15.5 Å². The van der Waals surface area contributed by atoms with E-state index in [0.717, 1.165) is 12.0 Å². The summed E-state index contributed by atoms with van der Waals surface area (Å²) in [5, 5.41) is 11.5. The number of aryl methyl sites for hydroxylation is 1. The van der Waals surface area contributed by atoms with Crippen molar-refractivity contribution in [3.63, 3.8) is 0 Å². The van der Waals surface area contributed by atoms with Crippen LogP contribution in [-0.4, -0.2) is 32.3 Å². The van der Waals surface area contributed by atoms with Gasteiger partial charge in [0.05, 0.1) is 18.1 Å². The molecule has 1 aromatic carbocycles. The van der Waals surface area contributed by atoms with Gasteiger partial charge in [-0.1, -0.05) is 43.0 Å². The van der Waals surface area contributed by atoms with Gasteiger partial charge in [0.25, 0.3) is 0 Å². The summed E-state index contributed by atoms with van der Waals surface area (Å²) in [6.45, 7) is 3.94. The average Bonchev–Trinajstić information content (AvgIpc) is 3.36. The topological polar surface area (TPSA) is 116 Å². The van der Waals surface area contributed by atoms with Crippen LogP contribution in [0.3, 0.4) is 0 Å². The first kappa shape index (κ1) is 20.7. The molecule has 0 saturated carbocycles. The van der Waals surface area contributed by atoms with Gasteiger partial charge in [-0.05, 0) is 36.6 Å². The van der Waals surface area contributed by atoms with Gasteiger partial charge >= 0.3 is 0 Å². The first-order valence-electron chi connectivity index (χ1n) is 9.24. The van der Waals surface area contributed by atoms with E-state index in [1.54, 1.807) is 16.7 Å². The summed E-state index contributed by atoms with van der Waals surface area (Å²) in [6, 6.07) is 11.5. The Labute approximate surface area is 172 Å². The summed E-state index contributed by atoms with van der Waals surface area (Å²) < 4.78 is 6.88. The lowest BCUT2D eigenvalue weighted by molar-refractivity contribution is -0.119. The monoisotopic (exact) mass is 413 g/mol. The van der Waals surface area contributed by atoms with Crippen molar-refractivity contribution in [1.29, 1.82) is 0 Å². The maximum Gasteiger partial charge on any atom is 0.237 e. The molecule has 3 N–H and O–H groups in total. The van der Waals surface area contributed by atoms with Crippen molar-refractivity contribution < 1.29 is 14.0 Å². The first-order chi connectivity index (χ1) is 14.0. The Kier molecular flexibility index (Phi) is 6.71. The molecule has 29 heavy (non-hydrogen) atoms. The molecule has 0 fully saturated rings. The number of benzene rings is 1. The fraction of sp³-hybridized carbons (Fsp3) is 0.300. The van der Waals surface area contributed by atoms with Gasteiger partial charge in [-0.25, -0.2) is 0 Å². The van der Waals surface area contributed by atoms with Crippen molar-refractivity contribution >= 4 is 23.6 Å². The number of aromatic nitrogens is 3. The zero-order chi connectivity index (χ0) is 20.8. The van der Waals surface area contributed by atoms with E-state index in [1.807, 2.05) is 19.1 Å². The van der Waals surface area contributed by atoms with Crippen LogP contribution in [0.4, 0.5) is 0 Å². The van der Waals surface area contributed by atoms with Crippen molar-refractivity contribution in [1.82, 2.24) is 20.1 Å². The van der Waals surface area contributed by atoms with Crippen LogP contribution < -0.4 is 11.1 Å². The standard InChI is InChI=1S/C20H23N5O3S/c1-3-14-6-8-15(9-7-14)13(2)22-18(27)12-29-20-24-23-19(16-5-4-10-28-16)25(20)11-17(21)26/h4-10,13H,3,11-12H2,1-2H3,(H2,21,26)(H,22,27). The SMILES string of the molecule is CCc1ccc(C(C)NC(=O)CSc2nnc(-c3ccco3)n2CC(N)=O)cc1. The van der Waals surface area contributed by atoms with Crippen LogP contribution in [0, 0.1) is 0 Å². The van der Waals surface area contributed by atoms with E-state index in [-0.39, 0.29) is 24.2 Å². The second kappa shape index (κ2) is 9.42. The smallest absolute Gasteiger partial charge is 0.237 e. The minimum Gasteiger partial charge on any atom is -0.461 e. The molecule has 8 nitrogen and oxygen atoms in total. The lowest BCUT2D eigenvalue weighted by atomic mass is 10.1. The molecular formula is C20H23N5O3S. The number of furan rings is 1. The summed E-state index contributed by atoms with van der Waals surface area (Å²) in [4.78, 5) is 23.8. The predicted molar refractivity (Wildman–Crippen MR) is 110 cm³/mol. The number of hydrogen-bond donors (Lipinski definition) is 2. The van der Waals surface area contributed by atoms with Crippen molar-refractivity contribution in [2.24, 2.45) is 5.73 Å². The van der Waals surface area contributed by atoms with Crippen LogP contribution in [0.5, 0.6) is 0 Å². The molecule has 0 radical (unpaired) electrons. The molecule has 3 rings (SSSR count). The molecule has 152 valence electrons. The van der Waals surface area contributed by atoms with Gasteiger partial charge in [0.1, 0.15) is 6.54 Å². The quantitative estimate of drug-likeness (QED) is 0.521. The van der Waals surface area contributed by atoms with Gasteiger partial charge in [0.2, 0.25) is 17.6 Å². The molecule has 2 aromatic heterocycles. The summed E-state index contributed by atoms with van der Waals surface area (Å²) >= 11 is 1.19. The minimum atomic E-state index is -0.534. The second-order valence-electron chi connectivity index (χ2n) is 6.51. The van der Waals surface area contributed by atoms with Gasteiger partial charge in [-0.15, -0.1) is 10.2 Å². The zero-order valence-electron chi connectivity index (χ0n) is 16.3. The number of nitrogens with zero attached hydrogens (tertiary/aromatic N) is 3. The van der Waals surface area contributed by atoms with Gasteiger partial charge in [0.15, 0.2) is 10.9 Å². The number of amides is 2. The zero-order valence-corrected chi connectivity index (χ0v) is 17.1. The Bertz CT molecular complexity index is 967. The molecule has 0 bridgehead atoms. The van der Waals surface area contributed by atoms with E-state index in [2.05, 4.69) is 34.6 Å². The fourth-order valence-electron chi connectivity index (χ4n) is 2.82. The number of carbonyl (C=O) groups is 2.